The fourth-order valence-electron chi connectivity index (χ4n) is 1.81. The number of nitrogens with one attached hydrogen (secondary N) is 2. The van der Waals surface area contributed by atoms with Gasteiger partial charge in [0.1, 0.15) is 18.0 Å². The van der Waals surface area contributed by atoms with Gasteiger partial charge >= 0.3 is 0 Å². The van der Waals surface area contributed by atoms with Crippen LogP contribution in [-0.4, -0.2) is 34.6 Å². The lowest BCUT2D eigenvalue weighted by atomic mass is 10.2. The van der Waals surface area contributed by atoms with Crippen molar-refractivity contribution < 1.29 is 0 Å². The monoisotopic (exact) mass is 282 g/mol. The average Bonchev–Trinajstić information content (AvgIpc) is 2.44. The van der Waals surface area contributed by atoms with Crippen LogP contribution in [0.4, 0.5) is 11.6 Å². The Labute approximate surface area is 121 Å². The standard InChI is InChI=1S/C14H26N4S/c1-5-8-15-13-12(6-2)14(18-10-17-13)16-9-7-11(3)19-4/h10-11H,5-9H2,1-4H3,(H2,15,16,17,18). The third kappa shape index (κ3) is 5.27. The lowest BCUT2D eigenvalue weighted by Gasteiger charge is -2.15. The zero-order chi connectivity index (χ0) is 14.1. The summed E-state index contributed by atoms with van der Waals surface area (Å²) in [6.45, 7) is 8.46. The van der Waals surface area contributed by atoms with Crippen molar-refractivity contribution >= 4 is 23.4 Å². The molecular formula is C14H26N4S. The van der Waals surface area contributed by atoms with Crippen molar-refractivity contribution in [3.05, 3.63) is 11.9 Å². The minimum Gasteiger partial charge on any atom is -0.370 e. The van der Waals surface area contributed by atoms with Crippen LogP contribution < -0.4 is 10.6 Å². The average molecular weight is 282 g/mol. The minimum atomic E-state index is 0.678. The first kappa shape index (κ1) is 16.1. The second kappa shape index (κ2) is 9.02. The summed E-state index contributed by atoms with van der Waals surface area (Å²) >= 11 is 1.90. The van der Waals surface area contributed by atoms with Crippen LogP contribution in [0.5, 0.6) is 0 Å². The second-order valence-electron chi connectivity index (χ2n) is 4.59. The van der Waals surface area contributed by atoms with Crippen LogP contribution >= 0.6 is 11.8 Å². The summed E-state index contributed by atoms with van der Waals surface area (Å²) in [4.78, 5) is 8.71. The van der Waals surface area contributed by atoms with Gasteiger partial charge in [0.15, 0.2) is 0 Å². The molecule has 2 N–H and O–H groups in total. The molecule has 0 aliphatic carbocycles. The molecule has 0 aliphatic heterocycles. The molecule has 4 nitrogen and oxygen atoms in total. The topological polar surface area (TPSA) is 49.8 Å². The van der Waals surface area contributed by atoms with Gasteiger partial charge in [-0.2, -0.15) is 11.8 Å². The van der Waals surface area contributed by atoms with Crippen molar-refractivity contribution in [2.45, 2.75) is 45.3 Å². The van der Waals surface area contributed by atoms with Gasteiger partial charge in [-0.3, -0.25) is 0 Å². The maximum atomic E-state index is 4.37. The number of anilines is 2. The van der Waals surface area contributed by atoms with Crippen molar-refractivity contribution in [1.82, 2.24) is 9.97 Å². The SMILES string of the molecule is CCCNc1ncnc(NCCC(C)SC)c1CC. The first-order chi connectivity index (χ1) is 9.22. The molecule has 1 heterocycles. The Kier molecular flexibility index (Phi) is 7.63. The van der Waals surface area contributed by atoms with Crippen molar-refractivity contribution in [2.24, 2.45) is 0 Å². The van der Waals surface area contributed by atoms with Gasteiger partial charge in [-0.25, -0.2) is 9.97 Å². The molecule has 0 radical (unpaired) electrons. The van der Waals surface area contributed by atoms with Crippen LogP contribution in [0, 0.1) is 0 Å². The van der Waals surface area contributed by atoms with Gasteiger partial charge < -0.3 is 10.6 Å². The molecule has 1 atom stereocenters. The maximum Gasteiger partial charge on any atom is 0.134 e. The lowest BCUT2D eigenvalue weighted by molar-refractivity contribution is 0.845. The molecular weight excluding hydrogens is 256 g/mol. The zero-order valence-electron chi connectivity index (χ0n) is 12.5. The maximum absolute atomic E-state index is 4.37. The van der Waals surface area contributed by atoms with Crippen molar-refractivity contribution in [3.63, 3.8) is 0 Å². The molecule has 0 saturated carbocycles. The molecule has 1 aromatic rings. The number of hydrogen-bond donors (Lipinski definition) is 2. The molecule has 19 heavy (non-hydrogen) atoms. The van der Waals surface area contributed by atoms with Crippen LogP contribution in [0.25, 0.3) is 0 Å². The predicted molar refractivity (Wildman–Crippen MR) is 86.3 cm³/mol. The number of rotatable bonds is 9. The molecule has 108 valence electrons. The first-order valence-electron chi connectivity index (χ1n) is 7.07. The largest absolute Gasteiger partial charge is 0.370 e. The molecule has 0 aliphatic rings. The van der Waals surface area contributed by atoms with E-state index in [9.17, 15) is 0 Å². The fraction of sp³-hybridized carbons (Fsp3) is 0.714. The molecule has 0 saturated heterocycles. The Morgan fingerprint density at radius 2 is 1.79 bits per heavy atom. The Hall–Kier alpha value is -0.970. The Morgan fingerprint density at radius 1 is 1.16 bits per heavy atom. The normalized spacial score (nSPS) is 12.2. The summed E-state index contributed by atoms with van der Waals surface area (Å²) in [5.74, 6) is 1.95. The summed E-state index contributed by atoms with van der Waals surface area (Å²) in [6, 6.07) is 0. The van der Waals surface area contributed by atoms with Crippen LogP contribution in [0.3, 0.4) is 0 Å². The second-order valence-corrected chi connectivity index (χ2v) is 5.87. The van der Waals surface area contributed by atoms with E-state index < -0.39 is 0 Å². The van der Waals surface area contributed by atoms with E-state index in [1.807, 2.05) is 11.8 Å². The highest BCUT2D eigenvalue weighted by Gasteiger charge is 2.09. The molecule has 1 aromatic heterocycles. The smallest absolute Gasteiger partial charge is 0.134 e. The van der Waals surface area contributed by atoms with Crippen LogP contribution in [0.2, 0.25) is 0 Å². The highest BCUT2D eigenvalue weighted by Crippen LogP contribution is 2.20. The van der Waals surface area contributed by atoms with E-state index in [2.05, 4.69) is 47.6 Å². The Balaban J connectivity index is 2.66. The van der Waals surface area contributed by atoms with Gasteiger partial charge in [-0.05, 0) is 25.5 Å². The van der Waals surface area contributed by atoms with E-state index in [4.69, 9.17) is 0 Å². The first-order valence-corrected chi connectivity index (χ1v) is 8.36. The van der Waals surface area contributed by atoms with Crippen molar-refractivity contribution in [1.29, 1.82) is 0 Å². The van der Waals surface area contributed by atoms with Gasteiger partial charge in [-0.15, -0.1) is 0 Å². The number of thioether (sulfide) groups is 1. The molecule has 1 rings (SSSR count). The van der Waals surface area contributed by atoms with Gasteiger partial charge in [-0.1, -0.05) is 20.8 Å². The quantitative estimate of drug-likeness (QED) is 0.727. The summed E-state index contributed by atoms with van der Waals surface area (Å²) in [6.07, 6.45) is 6.97. The highest BCUT2D eigenvalue weighted by atomic mass is 32.2. The molecule has 0 spiro atoms. The summed E-state index contributed by atoms with van der Waals surface area (Å²) in [5, 5.41) is 7.49. The fourth-order valence-corrected chi connectivity index (χ4v) is 2.16. The number of hydrogen-bond acceptors (Lipinski definition) is 5. The van der Waals surface area contributed by atoms with E-state index in [-0.39, 0.29) is 0 Å². The minimum absolute atomic E-state index is 0.678. The van der Waals surface area contributed by atoms with Crippen LogP contribution in [0.1, 0.15) is 39.2 Å². The predicted octanol–water partition coefficient (Wildman–Crippen LogP) is 3.41. The summed E-state index contributed by atoms with van der Waals surface area (Å²) < 4.78 is 0. The molecule has 0 amide bonds. The van der Waals surface area contributed by atoms with Crippen LogP contribution in [0.15, 0.2) is 6.33 Å². The van der Waals surface area contributed by atoms with Gasteiger partial charge in [0.25, 0.3) is 0 Å². The lowest BCUT2D eigenvalue weighted by Crippen LogP contribution is -2.13. The molecule has 0 fully saturated rings. The van der Waals surface area contributed by atoms with E-state index in [0.29, 0.717) is 5.25 Å². The van der Waals surface area contributed by atoms with Gasteiger partial charge in [0, 0.05) is 23.9 Å². The third-order valence-electron chi connectivity index (χ3n) is 3.09. The number of aromatic nitrogens is 2. The molecule has 0 bridgehead atoms. The Bertz CT molecular complexity index is 370. The van der Waals surface area contributed by atoms with E-state index in [1.54, 1.807) is 6.33 Å². The van der Waals surface area contributed by atoms with E-state index in [0.717, 1.165) is 44.0 Å². The third-order valence-corrected chi connectivity index (χ3v) is 4.13. The molecule has 0 aromatic carbocycles. The zero-order valence-corrected chi connectivity index (χ0v) is 13.3. The highest BCUT2D eigenvalue weighted by molar-refractivity contribution is 7.99. The molecule has 1 unspecified atom stereocenters. The number of nitrogens with zero attached hydrogens (tertiary/aromatic N) is 2. The van der Waals surface area contributed by atoms with Gasteiger partial charge in [0.2, 0.25) is 0 Å². The summed E-state index contributed by atoms with van der Waals surface area (Å²) in [5.41, 5.74) is 1.19. The van der Waals surface area contributed by atoms with E-state index in [1.165, 1.54) is 5.56 Å². The molecule has 5 heteroatoms. The summed E-state index contributed by atoms with van der Waals surface area (Å²) in [7, 11) is 0. The van der Waals surface area contributed by atoms with Crippen molar-refractivity contribution in [2.75, 3.05) is 30.0 Å². The van der Waals surface area contributed by atoms with Gasteiger partial charge in [0.05, 0.1) is 0 Å². The van der Waals surface area contributed by atoms with Crippen LogP contribution in [-0.2, 0) is 6.42 Å². The van der Waals surface area contributed by atoms with E-state index >= 15 is 0 Å². The Morgan fingerprint density at radius 3 is 2.32 bits per heavy atom. The van der Waals surface area contributed by atoms with Crippen molar-refractivity contribution in [3.8, 4) is 0 Å².